The highest BCUT2D eigenvalue weighted by Gasteiger charge is 2.69. The molecule has 3 amide bonds. The molecule has 1 aromatic rings. The monoisotopic (exact) mass is 423 g/mol. The van der Waals surface area contributed by atoms with Crippen molar-refractivity contribution in [3.8, 4) is 0 Å². The molecule has 0 atom stereocenters. The second-order valence-electron chi connectivity index (χ2n) is 7.32. The van der Waals surface area contributed by atoms with Gasteiger partial charge in [-0.15, -0.1) is 0 Å². The van der Waals surface area contributed by atoms with E-state index in [0.29, 0.717) is 12.8 Å². The summed E-state index contributed by atoms with van der Waals surface area (Å²) in [6.07, 6.45) is -8.83. The summed E-state index contributed by atoms with van der Waals surface area (Å²) in [4.78, 5) is 25.4. The summed E-state index contributed by atoms with van der Waals surface area (Å²) in [7, 11) is 0. The lowest BCUT2D eigenvalue weighted by Crippen LogP contribution is -2.51. The van der Waals surface area contributed by atoms with Crippen LogP contribution in [0.4, 0.5) is 36.8 Å². The van der Waals surface area contributed by atoms with Gasteiger partial charge in [0.05, 0.1) is 5.56 Å². The number of halogens is 6. The predicted octanol–water partition coefficient (Wildman–Crippen LogP) is 4.16. The molecule has 0 radical (unpaired) electrons. The summed E-state index contributed by atoms with van der Waals surface area (Å²) in [5.74, 6) is -0.905. The molecule has 1 aliphatic carbocycles. The van der Waals surface area contributed by atoms with Crippen LogP contribution in [0.15, 0.2) is 24.3 Å². The van der Waals surface area contributed by atoms with Gasteiger partial charge in [0.15, 0.2) is 0 Å². The average molecular weight is 423 g/mol. The Kier molecular flexibility index (Phi) is 5.44. The van der Waals surface area contributed by atoms with Crippen LogP contribution in [0.3, 0.4) is 0 Å². The number of carbonyl (C=O) groups is 2. The maximum atomic E-state index is 13.1. The Bertz CT molecular complexity index is 763. The zero-order chi connectivity index (χ0) is 21.4. The third-order valence-corrected chi connectivity index (χ3v) is 5.29. The number of piperidine rings is 1. The number of nitrogens with zero attached hydrogens (tertiary/aromatic N) is 1. The first-order valence-corrected chi connectivity index (χ1v) is 9.03. The molecule has 1 saturated carbocycles. The fourth-order valence-corrected chi connectivity index (χ4v) is 3.37. The van der Waals surface area contributed by atoms with Gasteiger partial charge in [0.1, 0.15) is 5.41 Å². The SMILES string of the molecule is O=C(Nc1ccc(C(F)(F)F)cc1)NC1CCN(C(=O)C2(C(F)(F)F)CC2)CC1. The molecule has 2 aliphatic rings. The molecule has 0 bridgehead atoms. The van der Waals surface area contributed by atoms with Crippen LogP contribution in [0, 0.1) is 5.41 Å². The lowest BCUT2D eigenvalue weighted by Gasteiger charge is -2.35. The van der Waals surface area contributed by atoms with Crippen LogP contribution in [0.1, 0.15) is 31.2 Å². The van der Waals surface area contributed by atoms with E-state index in [1.807, 2.05) is 0 Å². The minimum absolute atomic E-state index is 0.0991. The molecule has 1 aromatic carbocycles. The maximum absolute atomic E-state index is 13.1. The predicted molar refractivity (Wildman–Crippen MR) is 90.9 cm³/mol. The molecule has 1 aliphatic heterocycles. The Morgan fingerprint density at radius 2 is 1.52 bits per heavy atom. The second kappa shape index (κ2) is 7.42. The number of rotatable bonds is 3. The molecule has 5 nitrogen and oxygen atoms in total. The Balaban J connectivity index is 1.47. The molecular formula is C18H19F6N3O2. The van der Waals surface area contributed by atoms with E-state index in [-0.39, 0.29) is 37.7 Å². The second-order valence-corrected chi connectivity index (χ2v) is 7.32. The van der Waals surface area contributed by atoms with Crippen LogP contribution in [0.25, 0.3) is 0 Å². The van der Waals surface area contributed by atoms with Crippen molar-refractivity contribution in [3.63, 3.8) is 0 Å². The molecule has 0 unspecified atom stereocenters. The van der Waals surface area contributed by atoms with E-state index in [0.717, 1.165) is 24.3 Å². The summed E-state index contributed by atoms with van der Waals surface area (Å²) >= 11 is 0. The van der Waals surface area contributed by atoms with Crippen LogP contribution in [0.5, 0.6) is 0 Å². The number of anilines is 1. The highest BCUT2D eigenvalue weighted by molar-refractivity contribution is 5.89. The number of benzene rings is 1. The number of alkyl halides is 6. The third kappa shape index (κ3) is 4.59. The summed E-state index contributed by atoms with van der Waals surface area (Å²) in [6.45, 7) is 0.198. The van der Waals surface area contributed by atoms with Gasteiger partial charge in [0.25, 0.3) is 0 Å². The van der Waals surface area contributed by atoms with Crippen LogP contribution < -0.4 is 10.6 Å². The van der Waals surface area contributed by atoms with Crippen molar-refractivity contribution in [2.24, 2.45) is 5.41 Å². The lowest BCUT2D eigenvalue weighted by atomic mass is 10.00. The molecular weight excluding hydrogens is 404 g/mol. The van der Waals surface area contributed by atoms with Gasteiger partial charge < -0.3 is 15.5 Å². The van der Waals surface area contributed by atoms with Gasteiger partial charge in [-0.05, 0) is 49.9 Å². The smallest absolute Gasteiger partial charge is 0.342 e. The van der Waals surface area contributed by atoms with Crippen LogP contribution in [-0.2, 0) is 11.0 Å². The number of nitrogens with one attached hydrogen (secondary N) is 2. The summed E-state index contributed by atoms with van der Waals surface area (Å²) in [6, 6.07) is 2.94. The largest absolute Gasteiger partial charge is 0.416 e. The van der Waals surface area contributed by atoms with Gasteiger partial charge >= 0.3 is 18.4 Å². The maximum Gasteiger partial charge on any atom is 0.416 e. The first kappa shape index (κ1) is 21.3. The number of hydrogen-bond donors (Lipinski definition) is 2. The highest BCUT2D eigenvalue weighted by Crippen LogP contribution is 2.58. The zero-order valence-corrected chi connectivity index (χ0v) is 15.2. The quantitative estimate of drug-likeness (QED) is 0.718. The third-order valence-electron chi connectivity index (χ3n) is 5.29. The number of likely N-dealkylation sites (tertiary alicyclic amines) is 1. The van der Waals surface area contributed by atoms with Gasteiger partial charge in [-0.2, -0.15) is 26.3 Å². The highest BCUT2D eigenvalue weighted by atomic mass is 19.4. The molecule has 29 heavy (non-hydrogen) atoms. The normalized spacial score (nSPS) is 19.6. The fourth-order valence-electron chi connectivity index (χ4n) is 3.37. The Morgan fingerprint density at radius 3 is 1.97 bits per heavy atom. The van der Waals surface area contributed by atoms with E-state index in [2.05, 4.69) is 10.6 Å². The molecule has 11 heteroatoms. The van der Waals surface area contributed by atoms with E-state index >= 15 is 0 Å². The van der Waals surface area contributed by atoms with Crippen molar-refractivity contribution in [2.75, 3.05) is 18.4 Å². The standard InChI is InChI=1S/C18H19F6N3O2/c19-17(20,21)11-1-3-12(4-2-11)25-15(29)26-13-5-9-27(10-6-13)14(28)16(7-8-16)18(22,23)24/h1-4,13H,5-10H2,(H2,25,26,29). The lowest BCUT2D eigenvalue weighted by molar-refractivity contribution is -0.199. The Hall–Kier alpha value is -2.46. The molecule has 2 N–H and O–H groups in total. The van der Waals surface area contributed by atoms with Crippen LogP contribution >= 0.6 is 0 Å². The topological polar surface area (TPSA) is 61.4 Å². The van der Waals surface area contributed by atoms with E-state index in [1.165, 1.54) is 4.90 Å². The van der Waals surface area contributed by atoms with Gasteiger partial charge in [-0.3, -0.25) is 4.79 Å². The zero-order valence-electron chi connectivity index (χ0n) is 15.2. The molecule has 160 valence electrons. The van der Waals surface area contributed by atoms with E-state index in [4.69, 9.17) is 0 Å². The Labute approximate surface area is 162 Å². The molecule has 1 saturated heterocycles. The number of carbonyl (C=O) groups excluding carboxylic acids is 2. The van der Waals surface area contributed by atoms with Crippen molar-refractivity contribution in [1.29, 1.82) is 0 Å². The minimum Gasteiger partial charge on any atom is -0.342 e. The van der Waals surface area contributed by atoms with Crippen LogP contribution in [-0.4, -0.2) is 42.1 Å². The van der Waals surface area contributed by atoms with Crippen molar-refractivity contribution in [1.82, 2.24) is 10.2 Å². The van der Waals surface area contributed by atoms with Crippen molar-refractivity contribution in [3.05, 3.63) is 29.8 Å². The van der Waals surface area contributed by atoms with Gasteiger partial charge in [-0.25, -0.2) is 4.79 Å². The summed E-state index contributed by atoms with van der Waals surface area (Å²) < 4.78 is 76.8. The number of amides is 3. The number of hydrogen-bond acceptors (Lipinski definition) is 2. The molecule has 1 heterocycles. The molecule has 0 spiro atoms. The summed E-state index contributed by atoms with van der Waals surface area (Å²) in [5, 5.41) is 5.03. The van der Waals surface area contributed by atoms with Gasteiger partial charge in [0, 0.05) is 24.8 Å². The van der Waals surface area contributed by atoms with Crippen molar-refractivity contribution in [2.45, 2.75) is 44.1 Å². The minimum atomic E-state index is -4.55. The van der Waals surface area contributed by atoms with E-state index in [9.17, 15) is 35.9 Å². The first-order valence-electron chi connectivity index (χ1n) is 9.03. The number of urea groups is 1. The van der Waals surface area contributed by atoms with Crippen LogP contribution in [0.2, 0.25) is 0 Å². The average Bonchev–Trinajstić information content (AvgIpc) is 3.43. The van der Waals surface area contributed by atoms with Gasteiger partial charge in [0.2, 0.25) is 5.91 Å². The van der Waals surface area contributed by atoms with E-state index in [1.54, 1.807) is 0 Å². The Morgan fingerprint density at radius 1 is 0.966 bits per heavy atom. The molecule has 3 rings (SSSR count). The van der Waals surface area contributed by atoms with Gasteiger partial charge in [-0.1, -0.05) is 0 Å². The first-order chi connectivity index (χ1) is 13.4. The molecule has 2 fully saturated rings. The fraction of sp³-hybridized carbons (Fsp3) is 0.556. The van der Waals surface area contributed by atoms with Crippen molar-refractivity contribution < 1.29 is 35.9 Å². The summed E-state index contributed by atoms with van der Waals surface area (Å²) in [5.41, 5.74) is -2.91. The van der Waals surface area contributed by atoms with E-state index < -0.39 is 35.3 Å². The molecule has 0 aromatic heterocycles. The van der Waals surface area contributed by atoms with Crippen molar-refractivity contribution >= 4 is 17.6 Å².